The first-order chi connectivity index (χ1) is 8.80. The van der Waals surface area contributed by atoms with Gasteiger partial charge >= 0.3 is 12.1 Å². The normalized spacial score (nSPS) is 11.5. The van der Waals surface area contributed by atoms with Crippen molar-refractivity contribution < 1.29 is 28.2 Å². The average Bonchev–Trinajstić information content (AvgIpc) is 2.74. The van der Waals surface area contributed by atoms with Crippen LogP contribution in [0, 0.1) is 0 Å². The monoisotopic (exact) mass is 272 g/mol. The van der Waals surface area contributed by atoms with Gasteiger partial charge in [-0.25, -0.2) is 9.48 Å². The van der Waals surface area contributed by atoms with Crippen molar-refractivity contribution in [1.29, 1.82) is 0 Å². The highest BCUT2D eigenvalue weighted by atomic mass is 19.4. The first kappa shape index (κ1) is 12.9. The van der Waals surface area contributed by atoms with Crippen LogP contribution in [0.3, 0.4) is 0 Å². The van der Waals surface area contributed by atoms with E-state index in [1.807, 2.05) is 0 Å². The van der Waals surface area contributed by atoms with Crippen LogP contribution >= 0.6 is 0 Å². The van der Waals surface area contributed by atoms with Gasteiger partial charge in [0, 0.05) is 6.07 Å². The summed E-state index contributed by atoms with van der Waals surface area (Å²) in [4.78, 5) is 10.7. The third-order valence-corrected chi connectivity index (χ3v) is 2.33. The molecule has 0 aliphatic carbocycles. The lowest BCUT2D eigenvalue weighted by Crippen LogP contribution is -2.13. The zero-order valence-corrected chi connectivity index (χ0v) is 9.22. The van der Waals surface area contributed by atoms with Crippen LogP contribution in [-0.2, 0) is 6.18 Å². The summed E-state index contributed by atoms with van der Waals surface area (Å²) in [6.45, 7) is 0. The van der Waals surface area contributed by atoms with Crippen molar-refractivity contribution in [2.45, 2.75) is 6.18 Å². The molecule has 0 aliphatic heterocycles. The van der Waals surface area contributed by atoms with Gasteiger partial charge in [-0.2, -0.15) is 18.3 Å². The Morgan fingerprint density at radius 3 is 2.42 bits per heavy atom. The van der Waals surface area contributed by atoms with E-state index < -0.39 is 29.3 Å². The summed E-state index contributed by atoms with van der Waals surface area (Å²) < 4.78 is 38.8. The number of benzene rings is 1. The zero-order chi connectivity index (χ0) is 14.2. The molecule has 8 heteroatoms. The maximum absolute atomic E-state index is 12.8. The fourth-order valence-corrected chi connectivity index (χ4v) is 1.51. The number of hydrogen-bond donors (Lipinski definition) is 2. The predicted molar refractivity (Wildman–Crippen MR) is 57.2 cm³/mol. The molecule has 1 heterocycles. The van der Waals surface area contributed by atoms with Gasteiger partial charge in [0.05, 0.1) is 0 Å². The number of rotatable bonds is 2. The number of aromatic carboxylic acids is 1. The molecule has 19 heavy (non-hydrogen) atoms. The number of carboxylic acids is 1. The van der Waals surface area contributed by atoms with Gasteiger partial charge in [0.2, 0.25) is 0 Å². The van der Waals surface area contributed by atoms with Crippen LogP contribution < -0.4 is 0 Å². The van der Waals surface area contributed by atoms with Crippen LogP contribution in [0.25, 0.3) is 5.69 Å². The quantitative estimate of drug-likeness (QED) is 0.879. The third kappa shape index (κ3) is 2.37. The number of nitrogens with zero attached hydrogens (tertiary/aromatic N) is 2. The van der Waals surface area contributed by atoms with E-state index in [0.717, 1.165) is 0 Å². The van der Waals surface area contributed by atoms with Gasteiger partial charge in [0.15, 0.2) is 5.69 Å². The number of phenolic OH excluding ortho intramolecular Hbond substituents is 1. The van der Waals surface area contributed by atoms with Crippen molar-refractivity contribution in [1.82, 2.24) is 9.78 Å². The summed E-state index contributed by atoms with van der Waals surface area (Å²) >= 11 is 0. The summed E-state index contributed by atoms with van der Waals surface area (Å²) in [5, 5.41) is 21.6. The number of halogens is 3. The molecule has 0 spiro atoms. The average molecular weight is 272 g/mol. The molecule has 0 unspecified atom stereocenters. The van der Waals surface area contributed by atoms with Crippen molar-refractivity contribution in [3.63, 3.8) is 0 Å². The van der Waals surface area contributed by atoms with E-state index in [0.29, 0.717) is 10.7 Å². The van der Waals surface area contributed by atoms with Crippen molar-refractivity contribution >= 4 is 5.97 Å². The fraction of sp³-hybridized carbons (Fsp3) is 0.0909. The molecular weight excluding hydrogens is 265 g/mol. The van der Waals surface area contributed by atoms with Gasteiger partial charge in [-0.05, 0) is 12.1 Å². The molecular formula is C11H7F3N2O3. The minimum Gasteiger partial charge on any atom is -0.506 e. The second-order valence-electron chi connectivity index (χ2n) is 3.62. The van der Waals surface area contributed by atoms with Gasteiger partial charge in [0.25, 0.3) is 0 Å². The lowest BCUT2D eigenvalue weighted by Gasteiger charge is -2.10. The Hall–Kier alpha value is -2.51. The van der Waals surface area contributed by atoms with Gasteiger partial charge in [0.1, 0.15) is 17.1 Å². The Labute approximate surface area is 104 Å². The van der Waals surface area contributed by atoms with E-state index >= 15 is 0 Å². The molecule has 0 bridgehead atoms. The van der Waals surface area contributed by atoms with E-state index in [4.69, 9.17) is 5.11 Å². The SMILES string of the molecule is O=C(O)c1cc(C(F)(F)F)n(-c2ccccc2O)n1. The minimum atomic E-state index is -4.79. The number of aromatic nitrogens is 2. The maximum atomic E-state index is 12.8. The first-order valence-electron chi connectivity index (χ1n) is 4.99. The van der Waals surface area contributed by atoms with Gasteiger partial charge in [-0.1, -0.05) is 12.1 Å². The molecule has 0 atom stereocenters. The zero-order valence-electron chi connectivity index (χ0n) is 9.22. The number of aromatic hydroxyl groups is 1. The third-order valence-electron chi connectivity index (χ3n) is 2.33. The summed E-state index contributed by atoms with van der Waals surface area (Å²) in [5.41, 5.74) is -2.27. The molecule has 1 aromatic carbocycles. The van der Waals surface area contributed by atoms with Crippen molar-refractivity contribution in [3.8, 4) is 11.4 Å². The Morgan fingerprint density at radius 2 is 1.89 bits per heavy atom. The van der Waals surface area contributed by atoms with Crippen molar-refractivity contribution in [2.75, 3.05) is 0 Å². The second-order valence-corrected chi connectivity index (χ2v) is 3.62. The highest BCUT2D eigenvalue weighted by molar-refractivity contribution is 5.85. The van der Waals surface area contributed by atoms with Crippen LogP contribution in [0.1, 0.15) is 16.2 Å². The molecule has 2 N–H and O–H groups in total. The van der Waals surface area contributed by atoms with Gasteiger partial charge in [-0.15, -0.1) is 0 Å². The number of para-hydroxylation sites is 2. The molecule has 0 fully saturated rings. The lowest BCUT2D eigenvalue weighted by molar-refractivity contribution is -0.142. The highest BCUT2D eigenvalue weighted by Crippen LogP contribution is 2.33. The largest absolute Gasteiger partial charge is 0.506 e. The Morgan fingerprint density at radius 1 is 1.26 bits per heavy atom. The molecule has 0 saturated heterocycles. The number of carbonyl (C=O) groups is 1. The molecule has 5 nitrogen and oxygen atoms in total. The van der Waals surface area contributed by atoms with Crippen LogP contribution in [-0.4, -0.2) is 26.0 Å². The standard InChI is InChI=1S/C11H7F3N2O3/c12-11(13,14)9-5-6(10(18)19)15-16(9)7-3-1-2-4-8(7)17/h1-5,17H,(H,18,19). The summed E-state index contributed by atoms with van der Waals surface area (Å²) in [5.74, 6) is -2.02. The van der Waals surface area contributed by atoms with E-state index in [9.17, 15) is 23.1 Å². The Kier molecular flexibility index (Phi) is 2.93. The number of hydrogen-bond acceptors (Lipinski definition) is 3. The van der Waals surface area contributed by atoms with Crippen LogP contribution in [0.15, 0.2) is 30.3 Å². The van der Waals surface area contributed by atoms with E-state index in [-0.39, 0.29) is 5.69 Å². The van der Waals surface area contributed by atoms with Gasteiger partial charge in [-0.3, -0.25) is 0 Å². The van der Waals surface area contributed by atoms with Crippen LogP contribution in [0.2, 0.25) is 0 Å². The maximum Gasteiger partial charge on any atom is 0.433 e. The smallest absolute Gasteiger partial charge is 0.433 e. The summed E-state index contributed by atoms with van der Waals surface area (Å²) in [7, 11) is 0. The predicted octanol–water partition coefficient (Wildman–Crippen LogP) is 2.29. The van der Waals surface area contributed by atoms with Crippen molar-refractivity contribution in [3.05, 3.63) is 41.7 Å². The van der Waals surface area contributed by atoms with E-state index in [1.54, 1.807) is 0 Å². The van der Waals surface area contributed by atoms with E-state index in [1.165, 1.54) is 24.3 Å². The molecule has 2 aromatic rings. The first-order valence-corrected chi connectivity index (χ1v) is 4.99. The molecule has 100 valence electrons. The minimum absolute atomic E-state index is 0.248. The molecule has 0 aliphatic rings. The van der Waals surface area contributed by atoms with E-state index in [2.05, 4.69) is 5.10 Å². The van der Waals surface area contributed by atoms with Crippen molar-refractivity contribution in [2.24, 2.45) is 0 Å². The molecule has 0 saturated carbocycles. The summed E-state index contributed by atoms with van der Waals surface area (Å²) in [6, 6.07) is 5.61. The topological polar surface area (TPSA) is 75.3 Å². The van der Waals surface area contributed by atoms with Gasteiger partial charge < -0.3 is 10.2 Å². The fourth-order valence-electron chi connectivity index (χ4n) is 1.51. The molecule has 2 rings (SSSR count). The Bertz CT molecular complexity index is 634. The molecule has 1 aromatic heterocycles. The molecule has 0 radical (unpaired) electrons. The number of alkyl halides is 3. The van der Waals surface area contributed by atoms with Crippen LogP contribution in [0.4, 0.5) is 13.2 Å². The number of carboxylic acid groups (broad SMARTS) is 1. The van der Waals surface area contributed by atoms with Crippen LogP contribution in [0.5, 0.6) is 5.75 Å². The molecule has 0 amide bonds. The highest BCUT2D eigenvalue weighted by Gasteiger charge is 2.37. The second kappa shape index (κ2) is 4.30. The Balaban J connectivity index is 2.69. The number of phenols is 1. The summed E-state index contributed by atoms with van der Waals surface area (Å²) in [6.07, 6.45) is -4.79. The lowest BCUT2D eigenvalue weighted by atomic mass is 10.3.